The van der Waals surface area contributed by atoms with Gasteiger partial charge < -0.3 is 15.7 Å². The van der Waals surface area contributed by atoms with Crippen molar-refractivity contribution in [3.8, 4) is 5.75 Å². The Morgan fingerprint density at radius 1 is 0.800 bits per heavy atom. The van der Waals surface area contributed by atoms with Crippen LogP contribution in [0, 0.1) is 6.92 Å². The second-order valence-electron chi connectivity index (χ2n) is 6.06. The van der Waals surface area contributed by atoms with Crippen molar-refractivity contribution in [1.82, 2.24) is 0 Å². The van der Waals surface area contributed by atoms with Crippen LogP contribution in [0.15, 0.2) is 66.7 Å². The van der Waals surface area contributed by atoms with Crippen LogP contribution in [0.2, 0.25) is 5.02 Å². The average Bonchev–Trinajstić information content (AvgIpc) is 2.59. The van der Waals surface area contributed by atoms with E-state index in [4.69, 9.17) is 11.6 Å². The van der Waals surface area contributed by atoms with Gasteiger partial charge in [0.1, 0.15) is 5.75 Å². The first-order valence-corrected chi connectivity index (χ1v) is 8.59. The maximum Gasteiger partial charge on any atom is 0.115 e. The van der Waals surface area contributed by atoms with Crippen LogP contribution in [0.1, 0.15) is 16.7 Å². The van der Waals surface area contributed by atoms with E-state index in [2.05, 4.69) is 41.8 Å². The van der Waals surface area contributed by atoms with Crippen LogP contribution in [0.3, 0.4) is 0 Å². The third-order valence-corrected chi connectivity index (χ3v) is 4.18. The molecule has 0 spiro atoms. The Balaban J connectivity index is 1.71. The summed E-state index contributed by atoms with van der Waals surface area (Å²) in [6.07, 6.45) is 0. The van der Waals surface area contributed by atoms with Crippen molar-refractivity contribution in [2.24, 2.45) is 0 Å². The molecule has 0 aliphatic heterocycles. The molecule has 3 nitrogen and oxygen atoms in total. The molecule has 0 atom stereocenters. The molecule has 128 valence electrons. The summed E-state index contributed by atoms with van der Waals surface area (Å²) in [6, 6.07) is 21.4. The smallest absolute Gasteiger partial charge is 0.115 e. The maximum atomic E-state index is 9.58. The van der Waals surface area contributed by atoms with Crippen molar-refractivity contribution in [2.45, 2.75) is 20.0 Å². The molecule has 0 aliphatic carbocycles. The zero-order valence-corrected chi connectivity index (χ0v) is 14.8. The summed E-state index contributed by atoms with van der Waals surface area (Å²) in [5.74, 6) is 0.271. The maximum absolute atomic E-state index is 9.58. The number of phenols is 1. The first kappa shape index (κ1) is 17.2. The summed E-state index contributed by atoms with van der Waals surface area (Å²) in [6.45, 7) is 3.43. The summed E-state index contributed by atoms with van der Waals surface area (Å²) in [7, 11) is 0. The van der Waals surface area contributed by atoms with Gasteiger partial charge in [-0.15, -0.1) is 0 Å². The predicted octanol–water partition coefficient (Wildman–Crippen LogP) is 5.58. The molecule has 0 heterocycles. The minimum atomic E-state index is 0.271. The largest absolute Gasteiger partial charge is 0.508 e. The normalized spacial score (nSPS) is 10.5. The lowest BCUT2D eigenvalue weighted by molar-refractivity contribution is 0.474. The van der Waals surface area contributed by atoms with Gasteiger partial charge in [0.15, 0.2) is 0 Å². The highest BCUT2D eigenvalue weighted by molar-refractivity contribution is 6.31. The Bertz CT molecular complexity index is 864. The fraction of sp³-hybridized carbons (Fsp3) is 0.143. The van der Waals surface area contributed by atoms with E-state index in [-0.39, 0.29) is 5.75 Å². The fourth-order valence-corrected chi connectivity index (χ4v) is 2.87. The number of phenolic OH excluding ortho intramolecular Hbond substituents is 1. The average molecular weight is 353 g/mol. The van der Waals surface area contributed by atoms with Crippen molar-refractivity contribution >= 4 is 23.0 Å². The highest BCUT2D eigenvalue weighted by atomic mass is 35.5. The van der Waals surface area contributed by atoms with Crippen molar-refractivity contribution in [3.05, 3.63) is 88.4 Å². The highest BCUT2D eigenvalue weighted by Gasteiger charge is 2.04. The number of benzene rings is 3. The zero-order chi connectivity index (χ0) is 17.6. The Morgan fingerprint density at radius 2 is 1.48 bits per heavy atom. The van der Waals surface area contributed by atoms with Crippen LogP contribution in [0.25, 0.3) is 0 Å². The van der Waals surface area contributed by atoms with Crippen LogP contribution in [-0.2, 0) is 13.1 Å². The lowest BCUT2D eigenvalue weighted by Gasteiger charge is -2.15. The van der Waals surface area contributed by atoms with Crippen molar-refractivity contribution in [3.63, 3.8) is 0 Å². The molecule has 3 aromatic rings. The molecule has 0 bridgehead atoms. The number of aromatic hydroxyl groups is 1. The molecule has 3 aromatic carbocycles. The first-order valence-electron chi connectivity index (χ1n) is 8.21. The molecule has 0 saturated heterocycles. The molecule has 0 saturated carbocycles. The van der Waals surface area contributed by atoms with Crippen molar-refractivity contribution in [2.75, 3.05) is 10.6 Å². The standard InChI is InChI=1S/C21H21ClN2O/c1-15-4-2-5-16(10-15)13-24-21-12-18(22)8-9-20(21)23-14-17-6-3-7-19(25)11-17/h2-12,23-25H,13-14H2,1H3. The topological polar surface area (TPSA) is 44.3 Å². The van der Waals surface area contributed by atoms with Gasteiger partial charge in [-0.05, 0) is 48.4 Å². The minimum Gasteiger partial charge on any atom is -0.508 e. The van der Waals surface area contributed by atoms with Crippen LogP contribution in [-0.4, -0.2) is 5.11 Å². The van der Waals surface area contributed by atoms with Gasteiger partial charge in [0, 0.05) is 18.1 Å². The molecule has 4 heteroatoms. The molecule has 0 aliphatic rings. The molecule has 3 N–H and O–H groups in total. The molecule has 25 heavy (non-hydrogen) atoms. The van der Waals surface area contributed by atoms with E-state index in [0.717, 1.165) is 23.5 Å². The van der Waals surface area contributed by atoms with E-state index in [1.165, 1.54) is 11.1 Å². The van der Waals surface area contributed by atoms with E-state index in [1.54, 1.807) is 12.1 Å². The Kier molecular flexibility index (Phi) is 5.46. The molecule has 0 fully saturated rings. The monoisotopic (exact) mass is 352 g/mol. The van der Waals surface area contributed by atoms with E-state index in [9.17, 15) is 5.11 Å². The van der Waals surface area contributed by atoms with E-state index < -0.39 is 0 Å². The van der Waals surface area contributed by atoms with Crippen molar-refractivity contribution in [1.29, 1.82) is 0 Å². The molecular weight excluding hydrogens is 332 g/mol. The number of halogens is 1. The number of rotatable bonds is 6. The number of hydrogen-bond donors (Lipinski definition) is 3. The Hall–Kier alpha value is -2.65. The summed E-state index contributed by atoms with van der Waals surface area (Å²) in [4.78, 5) is 0. The molecule has 3 rings (SSSR count). The van der Waals surface area contributed by atoms with Gasteiger partial charge in [-0.1, -0.05) is 53.6 Å². The lowest BCUT2D eigenvalue weighted by Crippen LogP contribution is -2.05. The second-order valence-corrected chi connectivity index (χ2v) is 6.49. The second kappa shape index (κ2) is 7.95. The van der Waals surface area contributed by atoms with Crippen LogP contribution >= 0.6 is 11.6 Å². The zero-order valence-electron chi connectivity index (χ0n) is 14.1. The number of hydrogen-bond acceptors (Lipinski definition) is 3. The van der Waals surface area contributed by atoms with E-state index in [0.29, 0.717) is 11.6 Å². The number of aryl methyl sites for hydroxylation is 1. The number of anilines is 2. The van der Waals surface area contributed by atoms with Crippen LogP contribution in [0.5, 0.6) is 5.75 Å². The summed E-state index contributed by atoms with van der Waals surface area (Å²) in [5.41, 5.74) is 5.40. The van der Waals surface area contributed by atoms with Crippen LogP contribution in [0.4, 0.5) is 11.4 Å². The molecule has 0 unspecified atom stereocenters. The molecule has 0 radical (unpaired) electrons. The lowest BCUT2D eigenvalue weighted by atomic mass is 10.1. The third-order valence-electron chi connectivity index (χ3n) is 3.94. The molecule has 0 aromatic heterocycles. The SMILES string of the molecule is Cc1cccc(CNc2cc(Cl)ccc2NCc2cccc(O)c2)c1. The number of nitrogens with one attached hydrogen (secondary N) is 2. The Morgan fingerprint density at radius 3 is 2.20 bits per heavy atom. The van der Waals surface area contributed by atoms with Gasteiger partial charge >= 0.3 is 0 Å². The minimum absolute atomic E-state index is 0.271. The van der Waals surface area contributed by atoms with E-state index in [1.807, 2.05) is 30.3 Å². The quantitative estimate of drug-likeness (QED) is 0.542. The van der Waals surface area contributed by atoms with Gasteiger partial charge in [-0.3, -0.25) is 0 Å². The first-order chi connectivity index (χ1) is 12.1. The molecular formula is C21H21ClN2O. The van der Waals surface area contributed by atoms with E-state index >= 15 is 0 Å². The predicted molar refractivity (Wildman–Crippen MR) is 105 cm³/mol. The molecule has 0 amide bonds. The van der Waals surface area contributed by atoms with Gasteiger partial charge in [-0.2, -0.15) is 0 Å². The summed E-state index contributed by atoms with van der Waals surface area (Å²) < 4.78 is 0. The highest BCUT2D eigenvalue weighted by Crippen LogP contribution is 2.27. The summed E-state index contributed by atoms with van der Waals surface area (Å²) in [5, 5.41) is 17.1. The van der Waals surface area contributed by atoms with Crippen LogP contribution < -0.4 is 10.6 Å². The van der Waals surface area contributed by atoms with Gasteiger partial charge in [0.05, 0.1) is 11.4 Å². The fourth-order valence-electron chi connectivity index (χ4n) is 2.70. The van der Waals surface area contributed by atoms with Crippen molar-refractivity contribution < 1.29 is 5.11 Å². The summed E-state index contributed by atoms with van der Waals surface area (Å²) >= 11 is 6.16. The third kappa shape index (κ3) is 4.91. The van der Waals surface area contributed by atoms with Gasteiger partial charge in [-0.25, -0.2) is 0 Å². The Labute approximate surface area is 153 Å². The van der Waals surface area contributed by atoms with Gasteiger partial charge in [0.25, 0.3) is 0 Å². The van der Waals surface area contributed by atoms with Gasteiger partial charge in [0.2, 0.25) is 0 Å².